The summed E-state index contributed by atoms with van der Waals surface area (Å²) >= 11 is 1.52. The van der Waals surface area contributed by atoms with E-state index in [0.29, 0.717) is 47.8 Å². The zero-order valence-electron chi connectivity index (χ0n) is 29.7. The van der Waals surface area contributed by atoms with Crippen LogP contribution in [0.4, 0.5) is 11.4 Å². The van der Waals surface area contributed by atoms with E-state index in [4.69, 9.17) is 4.74 Å². The molecule has 5 aromatic rings. The number of benzene rings is 4. The van der Waals surface area contributed by atoms with E-state index < -0.39 is 6.04 Å². The summed E-state index contributed by atoms with van der Waals surface area (Å²) in [6.07, 6.45) is 1.37. The van der Waals surface area contributed by atoms with Crippen LogP contribution in [0.25, 0.3) is 10.6 Å². The van der Waals surface area contributed by atoms with Gasteiger partial charge in [-0.3, -0.25) is 19.3 Å². The Kier molecular flexibility index (Phi) is 11.4. The number of nitrogens with one attached hydrogen (secondary N) is 2. The molecule has 0 saturated heterocycles. The highest BCUT2D eigenvalue weighted by Crippen LogP contribution is 2.35. The van der Waals surface area contributed by atoms with E-state index in [1.807, 2.05) is 93.9 Å². The summed E-state index contributed by atoms with van der Waals surface area (Å²) in [5.41, 5.74) is 5.44. The molecule has 0 aliphatic carbocycles. The van der Waals surface area contributed by atoms with Gasteiger partial charge in [-0.25, -0.2) is 4.98 Å². The lowest BCUT2D eigenvalue weighted by Crippen LogP contribution is -2.49. The molecule has 0 radical (unpaired) electrons. The van der Waals surface area contributed by atoms with Gasteiger partial charge in [0.05, 0.1) is 23.9 Å². The second-order valence-electron chi connectivity index (χ2n) is 13.3. The lowest BCUT2D eigenvalue weighted by Gasteiger charge is -2.38. The number of aliphatic hydroxyl groups excluding tert-OH is 1. The molecule has 52 heavy (non-hydrogen) atoms. The van der Waals surface area contributed by atoms with E-state index >= 15 is 0 Å². The first-order chi connectivity index (χ1) is 25.1. The third-order valence-corrected chi connectivity index (χ3v) is 10.1. The van der Waals surface area contributed by atoms with Crippen molar-refractivity contribution in [2.24, 2.45) is 5.92 Å². The van der Waals surface area contributed by atoms with Crippen LogP contribution in [0.3, 0.4) is 0 Å². The summed E-state index contributed by atoms with van der Waals surface area (Å²) in [5, 5.41) is 18.8. The van der Waals surface area contributed by atoms with Gasteiger partial charge in [0.2, 0.25) is 0 Å². The molecular formula is C41H43N5O5S. The number of amides is 3. The Labute approximate surface area is 308 Å². The minimum absolute atomic E-state index is 0.122. The number of thiazole rings is 1. The summed E-state index contributed by atoms with van der Waals surface area (Å²) in [5.74, 6) is -0.606. The monoisotopic (exact) mass is 717 g/mol. The van der Waals surface area contributed by atoms with Gasteiger partial charge in [-0.1, -0.05) is 55.5 Å². The molecule has 11 heteroatoms. The fourth-order valence-electron chi connectivity index (χ4n) is 6.24. The van der Waals surface area contributed by atoms with Gasteiger partial charge in [-0.15, -0.1) is 11.3 Å². The van der Waals surface area contributed by atoms with Crippen molar-refractivity contribution in [3.8, 4) is 16.3 Å². The number of para-hydroxylation sites is 2. The molecule has 1 aliphatic rings. The van der Waals surface area contributed by atoms with Gasteiger partial charge in [0.25, 0.3) is 17.7 Å². The van der Waals surface area contributed by atoms with E-state index in [2.05, 4.69) is 20.5 Å². The molecule has 3 atom stereocenters. The quantitative estimate of drug-likeness (QED) is 0.135. The first kappa shape index (κ1) is 36.4. The van der Waals surface area contributed by atoms with Gasteiger partial charge in [0, 0.05) is 59.5 Å². The SMILES string of the molecule is Cc1ccccc1NC(=O)c1ccc(CN(C)C[C@H]2Oc3c(NC(=O)c4ccc(-c5nccs5)cc4)cccc3C(=O)N([C@H](C)CO)C[C@H]2C)cc1. The van der Waals surface area contributed by atoms with Gasteiger partial charge in [0.1, 0.15) is 11.1 Å². The van der Waals surface area contributed by atoms with Crippen LogP contribution in [0.2, 0.25) is 0 Å². The average molecular weight is 718 g/mol. The number of likely N-dealkylation sites (N-methyl/N-ethyl adjacent to an activating group) is 1. The number of nitrogens with zero attached hydrogens (tertiary/aromatic N) is 3. The van der Waals surface area contributed by atoms with Crippen molar-refractivity contribution >= 4 is 40.4 Å². The number of hydrogen-bond acceptors (Lipinski definition) is 8. The molecule has 0 saturated carbocycles. The van der Waals surface area contributed by atoms with E-state index in [9.17, 15) is 19.5 Å². The number of hydrogen-bond donors (Lipinski definition) is 3. The fraction of sp³-hybridized carbons (Fsp3) is 0.268. The Morgan fingerprint density at radius 2 is 1.62 bits per heavy atom. The minimum atomic E-state index is -0.421. The Balaban J connectivity index is 1.20. The fourth-order valence-corrected chi connectivity index (χ4v) is 6.88. The third-order valence-electron chi connectivity index (χ3n) is 9.32. The summed E-state index contributed by atoms with van der Waals surface area (Å²) in [4.78, 5) is 48.5. The van der Waals surface area contributed by atoms with Crippen LogP contribution >= 0.6 is 11.3 Å². The van der Waals surface area contributed by atoms with E-state index in [-0.39, 0.29) is 36.4 Å². The van der Waals surface area contributed by atoms with Crippen molar-refractivity contribution in [3.63, 3.8) is 0 Å². The summed E-state index contributed by atoms with van der Waals surface area (Å²) < 4.78 is 6.72. The number of aromatic nitrogens is 1. The smallest absolute Gasteiger partial charge is 0.258 e. The largest absolute Gasteiger partial charge is 0.486 e. The predicted molar refractivity (Wildman–Crippen MR) is 205 cm³/mol. The van der Waals surface area contributed by atoms with Crippen LogP contribution in [0, 0.1) is 12.8 Å². The third kappa shape index (κ3) is 8.39. The molecular weight excluding hydrogens is 675 g/mol. The van der Waals surface area contributed by atoms with Gasteiger partial charge >= 0.3 is 0 Å². The molecule has 10 nitrogen and oxygen atoms in total. The summed E-state index contributed by atoms with van der Waals surface area (Å²) in [6, 6.07) is 27.2. The van der Waals surface area contributed by atoms with Crippen LogP contribution in [0.15, 0.2) is 103 Å². The number of aryl methyl sites for hydroxylation is 1. The second kappa shape index (κ2) is 16.3. The lowest BCUT2D eigenvalue weighted by molar-refractivity contribution is 0.0343. The van der Waals surface area contributed by atoms with Gasteiger partial charge in [0.15, 0.2) is 5.75 Å². The van der Waals surface area contributed by atoms with E-state index in [1.165, 1.54) is 11.3 Å². The van der Waals surface area contributed by atoms with Crippen LogP contribution in [0.5, 0.6) is 5.75 Å². The molecule has 0 bridgehead atoms. The Morgan fingerprint density at radius 3 is 2.27 bits per heavy atom. The molecule has 0 fully saturated rings. The maximum absolute atomic E-state index is 13.9. The Bertz CT molecular complexity index is 2020. The molecule has 3 N–H and O–H groups in total. The second-order valence-corrected chi connectivity index (χ2v) is 14.2. The maximum atomic E-state index is 13.9. The Hall–Kier alpha value is -5.36. The molecule has 1 aromatic heterocycles. The highest BCUT2D eigenvalue weighted by Gasteiger charge is 2.34. The molecule has 2 heterocycles. The van der Waals surface area contributed by atoms with Crippen LogP contribution in [-0.4, -0.2) is 76.5 Å². The zero-order chi connectivity index (χ0) is 36.8. The number of carbonyl (C=O) groups is 3. The van der Waals surface area contributed by atoms with Crippen LogP contribution in [-0.2, 0) is 6.54 Å². The number of ether oxygens (including phenoxy) is 1. The highest BCUT2D eigenvalue weighted by molar-refractivity contribution is 7.13. The van der Waals surface area contributed by atoms with E-state index in [1.54, 1.807) is 41.4 Å². The van der Waals surface area contributed by atoms with Crippen molar-refractivity contribution in [1.29, 1.82) is 0 Å². The number of aliphatic hydroxyl groups is 1. The van der Waals surface area contributed by atoms with Crippen molar-refractivity contribution in [1.82, 2.24) is 14.8 Å². The number of fused-ring (bicyclic) bond motifs is 1. The molecule has 6 rings (SSSR count). The number of carbonyl (C=O) groups excluding carboxylic acids is 3. The minimum Gasteiger partial charge on any atom is -0.486 e. The normalized spacial score (nSPS) is 16.3. The molecule has 1 aliphatic heterocycles. The van der Waals surface area contributed by atoms with Crippen LogP contribution < -0.4 is 15.4 Å². The number of rotatable bonds is 11. The molecule has 3 amide bonds. The Morgan fingerprint density at radius 1 is 0.962 bits per heavy atom. The lowest BCUT2D eigenvalue weighted by atomic mass is 9.98. The van der Waals surface area contributed by atoms with Crippen molar-refractivity contribution in [2.75, 3.05) is 37.4 Å². The standard InChI is InChI=1S/C41H43N5O5S/c1-26-8-5-6-10-34(26)43-38(48)30-14-12-29(13-15-30)23-45(4)24-36-27(2)22-46(28(3)25-47)41(50)33-9-7-11-35(37(33)51-36)44-39(49)31-16-18-32(19-17-31)40-42-20-21-52-40/h5-21,27-28,36,47H,22-25H2,1-4H3,(H,43,48)(H,44,49)/t27-,28-,36-/m1/s1. The summed E-state index contributed by atoms with van der Waals surface area (Å²) in [6.45, 7) is 7.09. The maximum Gasteiger partial charge on any atom is 0.258 e. The summed E-state index contributed by atoms with van der Waals surface area (Å²) in [7, 11) is 2.00. The van der Waals surface area contributed by atoms with Crippen molar-refractivity contribution < 1.29 is 24.2 Å². The van der Waals surface area contributed by atoms with E-state index in [0.717, 1.165) is 27.4 Å². The highest BCUT2D eigenvalue weighted by atomic mass is 32.1. The van der Waals surface area contributed by atoms with Gasteiger partial charge < -0.3 is 25.4 Å². The average Bonchev–Trinajstić information content (AvgIpc) is 3.70. The molecule has 268 valence electrons. The molecule has 0 spiro atoms. The zero-order valence-corrected chi connectivity index (χ0v) is 30.5. The predicted octanol–water partition coefficient (Wildman–Crippen LogP) is 6.98. The number of anilines is 2. The topological polar surface area (TPSA) is 124 Å². The first-order valence-corrected chi connectivity index (χ1v) is 18.2. The molecule has 0 unspecified atom stereocenters. The first-order valence-electron chi connectivity index (χ1n) is 17.3. The van der Waals surface area contributed by atoms with Gasteiger partial charge in [-0.05, 0) is 74.5 Å². The molecule has 4 aromatic carbocycles. The van der Waals surface area contributed by atoms with Crippen molar-refractivity contribution in [3.05, 3.63) is 130 Å². The van der Waals surface area contributed by atoms with Gasteiger partial charge in [-0.2, -0.15) is 0 Å². The van der Waals surface area contributed by atoms with Crippen molar-refractivity contribution in [2.45, 2.75) is 39.5 Å². The van der Waals surface area contributed by atoms with Crippen LogP contribution in [0.1, 0.15) is 56.0 Å².